The van der Waals surface area contributed by atoms with Gasteiger partial charge in [-0.1, -0.05) is 0 Å². The summed E-state index contributed by atoms with van der Waals surface area (Å²) in [4.78, 5) is 26.7. The number of nitrogens with zero attached hydrogens (tertiary/aromatic N) is 4. The quantitative estimate of drug-likeness (QED) is 0.816. The first-order valence-corrected chi connectivity index (χ1v) is 9.89. The van der Waals surface area contributed by atoms with Crippen LogP contribution in [0.25, 0.3) is 11.1 Å². The lowest BCUT2D eigenvalue weighted by Crippen LogP contribution is -2.47. The molecule has 6 heteroatoms. The number of aromatic nitrogens is 2. The van der Waals surface area contributed by atoms with Crippen LogP contribution < -0.4 is 4.90 Å². The van der Waals surface area contributed by atoms with Crippen molar-refractivity contribution in [2.24, 2.45) is 0 Å². The van der Waals surface area contributed by atoms with E-state index in [1.807, 2.05) is 11.8 Å². The number of hydrogen-bond acceptors (Lipinski definition) is 5. The van der Waals surface area contributed by atoms with E-state index in [0.29, 0.717) is 17.0 Å². The van der Waals surface area contributed by atoms with E-state index in [1.54, 1.807) is 6.33 Å². The summed E-state index contributed by atoms with van der Waals surface area (Å²) in [5.74, 6) is 1.56. The molecule has 4 heterocycles. The number of carbonyl (C=O) groups is 1. The Hall–Kier alpha value is -2.11. The van der Waals surface area contributed by atoms with Gasteiger partial charge in [0.2, 0.25) is 5.71 Å². The summed E-state index contributed by atoms with van der Waals surface area (Å²) in [5, 5.41) is 0.793. The minimum absolute atomic E-state index is 0.0639. The maximum Gasteiger partial charge on any atom is 0.258 e. The average Bonchev–Trinajstić information content (AvgIpc) is 2.98. The molecule has 0 N–H and O–H groups in total. The molecule has 0 unspecified atom stereocenters. The monoisotopic (exact) mass is 356 g/mol. The summed E-state index contributed by atoms with van der Waals surface area (Å²) in [6, 6.07) is 0.498. The molecule has 0 spiro atoms. The van der Waals surface area contributed by atoms with E-state index in [9.17, 15) is 4.79 Å². The number of piperidine rings is 2. The van der Waals surface area contributed by atoms with Crippen molar-refractivity contribution in [2.45, 2.75) is 71.4 Å². The molecule has 4 rings (SSSR count). The lowest BCUT2D eigenvalue weighted by atomic mass is 9.96. The number of amides is 1. The molecular formula is C20H28N4O2. The van der Waals surface area contributed by atoms with Gasteiger partial charge in [0.1, 0.15) is 17.9 Å². The molecule has 1 amide bonds. The standard InChI is InChI=1S/C20H28N4O2/c1-13-8-7-9-14(2)24(13)20(25)16-15(3)26-19-17(16)18(21-12-22-19)23-10-5-4-6-11-23/h12-14H,4-11H2,1-3H3/t13-,14+. The summed E-state index contributed by atoms with van der Waals surface area (Å²) >= 11 is 0. The SMILES string of the molecule is Cc1oc2ncnc(N3CCCCC3)c2c1C(=O)N1[C@H](C)CCC[C@@H]1C. The molecule has 0 bridgehead atoms. The highest BCUT2D eigenvalue weighted by molar-refractivity contribution is 6.10. The number of anilines is 1. The number of furan rings is 1. The molecular weight excluding hydrogens is 328 g/mol. The van der Waals surface area contributed by atoms with Crippen LogP contribution in [0.3, 0.4) is 0 Å². The molecule has 0 aliphatic carbocycles. The number of fused-ring (bicyclic) bond motifs is 1. The van der Waals surface area contributed by atoms with Crippen LogP contribution in [0.5, 0.6) is 0 Å². The van der Waals surface area contributed by atoms with Crippen molar-refractivity contribution in [1.29, 1.82) is 0 Å². The van der Waals surface area contributed by atoms with Gasteiger partial charge in [0.05, 0.1) is 10.9 Å². The van der Waals surface area contributed by atoms with Gasteiger partial charge in [-0.05, 0) is 59.3 Å². The van der Waals surface area contributed by atoms with E-state index in [0.717, 1.165) is 50.0 Å². The molecule has 26 heavy (non-hydrogen) atoms. The molecule has 0 radical (unpaired) electrons. The van der Waals surface area contributed by atoms with E-state index in [-0.39, 0.29) is 18.0 Å². The fourth-order valence-electron chi connectivity index (χ4n) is 4.58. The van der Waals surface area contributed by atoms with Gasteiger partial charge in [0, 0.05) is 25.2 Å². The number of carbonyl (C=O) groups excluding carboxylic acids is 1. The Morgan fingerprint density at radius 1 is 1.08 bits per heavy atom. The Morgan fingerprint density at radius 2 is 1.77 bits per heavy atom. The largest absolute Gasteiger partial charge is 0.442 e. The molecule has 2 aliphatic heterocycles. The molecule has 2 aromatic rings. The van der Waals surface area contributed by atoms with Gasteiger partial charge >= 0.3 is 0 Å². The topological polar surface area (TPSA) is 62.5 Å². The van der Waals surface area contributed by atoms with Gasteiger partial charge in [-0.2, -0.15) is 0 Å². The van der Waals surface area contributed by atoms with Gasteiger partial charge in [-0.25, -0.2) is 9.97 Å². The number of likely N-dealkylation sites (tertiary alicyclic amines) is 1. The van der Waals surface area contributed by atoms with Crippen LogP contribution in [0.2, 0.25) is 0 Å². The minimum Gasteiger partial charge on any atom is -0.442 e. The van der Waals surface area contributed by atoms with Gasteiger partial charge in [-0.3, -0.25) is 4.79 Å². The van der Waals surface area contributed by atoms with Crippen molar-refractivity contribution in [3.63, 3.8) is 0 Å². The third-order valence-corrected chi connectivity index (χ3v) is 5.94. The summed E-state index contributed by atoms with van der Waals surface area (Å²) in [5.41, 5.74) is 1.18. The average molecular weight is 356 g/mol. The van der Waals surface area contributed by atoms with Gasteiger partial charge < -0.3 is 14.2 Å². The summed E-state index contributed by atoms with van der Waals surface area (Å²) < 4.78 is 5.89. The zero-order chi connectivity index (χ0) is 18.3. The first kappa shape index (κ1) is 17.3. The number of rotatable bonds is 2. The zero-order valence-corrected chi connectivity index (χ0v) is 16.0. The normalized spacial score (nSPS) is 24.3. The van der Waals surface area contributed by atoms with Crippen LogP contribution in [-0.2, 0) is 0 Å². The molecule has 2 fully saturated rings. The lowest BCUT2D eigenvalue weighted by Gasteiger charge is -2.39. The van der Waals surface area contributed by atoms with Crippen molar-refractivity contribution < 1.29 is 9.21 Å². The van der Waals surface area contributed by atoms with Crippen molar-refractivity contribution in [2.75, 3.05) is 18.0 Å². The van der Waals surface area contributed by atoms with Crippen LogP contribution in [0.1, 0.15) is 68.5 Å². The van der Waals surface area contributed by atoms with Crippen LogP contribution in [0.15, 0.2) is 10.7 Å². The Kier molecular flexibility index (Phi) is 4.59. The van der Waals surface area contributed by atoms with Crippen molar-refractivity contribution >= 4 is 22.8 Å². The van der Waals surface area contributed by atoms with E-state index in [4.69, 9.17) is 4.42 Å². The van der Waals surface area contributed by atoms with Crippen LogP contribution in [-0.4, -0.2) is 45.9 Å². The van der Waals surface area contributed by atoms with Crippen LogP contribution in [0.4, 0.5) is 5.82 Å². The predicted octanol–water partition coefficient (Wildman–Crippen LogP) is 3.92. The summed E-state index contributed by atoms with van der Waals surface area (Å²) in [7, 11) is 0. The summed E-state index contributed by atoms with van der Waals surface area (Å²) in [6.45, 7) is 8.11. The first-order chi connectivity index (χ1) is 12.6. The van der Waals surface area contributed by atoms with Crippen molar-refractivity contribution in [3.05, 3.63) is 17.7 Å². The molecule has 2 aromatic heterocycles. The van der Waals surface area contributed by atoms with Crippen LogP contribution >= 0.6 is 0 Å². The fourth-order valence-corrected chi connectivity index (χ4v) is 4.58. The molecule has 6 nitrogen and oxygen atoms in total. The molecule has 2 atom stereocenters. The molecule has 2 saturated heterocycles. The second kappa shape index (κ2) is 6.89. The third-order valence-electron chi connectivity index (χ3n) is 5.94. The highest BCUT2D eigenvalue weighted by Crippen LogP contribution is 2.35. The maximum absolute atomic E-state index is 13.5. The third kappa shape index (κ3) is 2.85. The van der Waals surface area contributed by atoms with E-state index >= 15 is 0 Å². The Labute approximate surface area is 154 Å². The Bertz CT molecular complexity index is 799. The fraction of sp³-hybridized carbons (Fsp3) is 0.650. The van der Waals surface area contributed by atoms with Gasteiger partial charge in [0.25, 0.3) is 5.91 Å². The van der Waals surface area contributed by atoms with Gasteiger partial charge in [0.15, 0.2) is 0 Å². The van der Waals surface area contributed by atoms with E-state index < -0.39 is 0 Å². The van der Waals surface area contributed by atoms with Gasteiger partial charge in [-0.15, -0.1) is 0 Å². The Morgan fingerprint density at radius 3 is 2.46 bits per heavy atom. The molecule has 0 aromatic carbocycles. The highest BCUT2D eigenvalue weighted by Gasteiger charge is 2.34. The summed E-state index contributed by atoms with van der Waals surface area (Å²) in [6.07, 6.45) is 8.41. The molecule has 0 saturated carbocycles. The first-order valence-electron chi connectivity index (χ1n) is 9.89. The van der Waals surface area contributed by atoms with Crippen LogP contribution in [0, 0.1) is 6.92 Å². The zero-order valence-electron chi connectivity index (χ0n) is 16.0. The second-order valence-corrected chi connectivity index (χ2v) is 7.80. The lowest BCUT2D eigenvalue weighted by molar-refractivity contribution is 0.0511. The second-order valence-electron chi connectivity index (χ2n) is 7.80. The minimum atomic E-state index is 0.0639. The molecule has 2 aliphatic rings. The predicted molar refractivity (Wildman–Crippen MR) is 102 cm³/mol. The smallest absolute Gasteiger partial charge is 0.258 e. The van der Waals surface area contributed by atoms with Crippen molar-refractivity contribution in [3.8, 4) is 0 Å². The molecule has 140 valence electrons. The van der Waals surface area contributed by atoms with E-state index in [2.05, 4.69) is 28.7 Å². The number of aryl methyl sites for hydroxylation is 1. The highest BCUT2D eigenvalue weighted by atomic mass is 16.3. The van der Waals surface area contributed by atoms with E-state index in [1.165, 1.54) is 12.8 Å². The Balaban J connectivity index is 1.81. The number of hydrogen-bond donors (Lipinski definition) is 0. The maximum atomic E-state index is 13.5. The van der Waals surface area contributed by atoms with Crippen molar-refractivity contribution in [1.82, 2.24) is 14.9 Å².